The predicted octanol–water partition coefficient (Wildman–Crippen LogP) is 4.39. The van der Waals surface area contributed by atoms with Crippen LogP contribution in [0.1, 0.15) is 44.9 Å². The normalized spacial score (nSPS) is 20.2. The zero-order valence-corrected chi connectivity index (χ0v) is 22.0. The number of rotatable bonds is 5. The number of hydrogen-bond donors (Lipinski definition) is 0. The Kier molecular flexibility index (Phi) is 7.12. The van der Waals surface area contributed by atoms with Crippen molar-refractivity contribution in [3.63, 3.8) is 0 Å². The fourth-order valence-corrected chi connectivity index (χ4v) is 6.35. The maximum absolute atomic E-state index is 13.5. The molecule has 1 fully saturated rings. The lowest BCUT2D eigenvalue weighted by molar-refractivity contribution is -0.135. The predicted molar refractivity (Wildman–Crippen MR) is 143 cm³/mol. The first kappa shape index (κ1) is 24.5. The topological polar surface area (TPSA) is 53.1 Å². The summed E-state index contributed by atoms with van der Waals surface area (Å²) < 4.78 is 5.35. The van der Waals surface area contributed by atoms with Crippen molar-refractivity contribution in [1.82, 2.24) is 14.7 Å². The number of thiophene rings is 1. The molecule has 2 aliphatic heterocycles. The van der Waals surface area contributed by atoms with E-state index in [0.717, 1.165) is 29.8 Å². The van der Waals surface area contributed by atoms with Crippen LogP contribution in [0, 0.1) is 6.92 Å². The second kappa shape index (κ2) is 10.4. The highest BCUT2D eigenvalue weighted by molar-refractivity contribution is 7.10. The van der Waals surface area contributed by atoms with E-state index in [2.05, 4.69) is 28.5 Å². The Balaban J connectivity index is 1.28. The van der Waals surface area contributed by atoms with Crippen LogP contribution in [0.5, 0.6) is 5.75 Å². The van der Waals surface area contributed by atoms with Crippen LogP contribution in [0.2, 0.25) is 0 Å². The van der Waals surface area contributed by atoms with E-state index < -0.39 is 0 Å². The number of piperazine rings is 1. The van der Waals surface area contributed by atoms with Gasteiger partial charge >= 0.3 is 0 Å². The molecule has 0 spiro atoms. The summed E-state index contributed by atoms with van der Waals surface area (Å²) in [6.45, 7) is 6.88. The summed E-state index contributed by atoms with van der Waals surface area (Å²) in [6.07, 6.45) is 0.960. The smallest absolute Gasteiger partial charge is 0.254 e. The van der Waals surface area contributed by atoms with Crippen molar-refractivity contribution in [2.45, 2.75) is 32.4 Å². The molecule has 6 nitrogen and oxygen atoms in total. The fraction of sp³-hybridized carbons (Fsp3) is 0.379. The van der Waals surface area contributed by atoms with Crippen molar-refractivity contribution in [3.05, 3.63) is 87.1 Å². The molecule has 0 saturated carbocycles. The van der Waals surface area contributed by atoms with E-state index in [9.17, 15) is 9.59 Å². The van der Waals surface area contributed by atoms with Gasteiger partial charge in [-0.3, -0.25) is 14.5 Å². The molecule has 1 saturated heterocycles. The van der Waals surface area contributed by atoms with Crippen molar-refractivity contribution < 1.29 is 14.3 Å². The Morgan fingerprint density at radius 1 is 1.03 bits per heavy atom. The van der Waals surface area contributed by atoms with Crippen LogP contribution in [0.25, 0.3) is 0 Å². The number of hydrogen-bond acceptors (Lipinski definition) is 5. The number of benzene rings is 2. The lowest BCUT2D eigenvalue weighted by Crippen LogP contribution is -2.57. The van der Waals surface area contributed by atoms with Gasteiger partial charge in [0.1, 0.15) is 5.75 Å². The Labute approximate surface area is 217 Å². The standard InChI is InChI=1S/C29H33N3O3S/c1-20-6-4-5-7-24(20)29(34)32-16-15-30(18-21(32)2)27(33)19-31-14-12-26-25(13-17-36-26)28(31)22-8-10-23(35-3)11-9-22/h4-11,13,17,21,28H,12,14-16,18-19H2,1-3H3/t21-,28+/m0/s1. The molecule has 0 radical (unpaired) electrons. The molecule has 0 N–H and O–H groups in total. The number of ether oxygens (including phenoxy) is 1. The first-order chi connectivity index (χ1) is 17.5. The highest BCUT2D eigenvalue weighted by Gasteiger charge is 2.35. The third kappa shape index (κ3) is 4.77. The average molecular weight is 504 g/mol. The molecule has 5 rings (SSSR count). The van der Waals surface area contributed by atoms with Gasteiger partial charge in [-0.2, -0.15) is 0 Å². The minimum atomic E-state index is -0.0305. The van der Waals surface area contributed by atoms with Crippen LogP contribution in [0.15, 0.2) is 60.0 Å². The van der Waals surface area contributed by atoms with Crippen LogP contribution < -0.4 is 4.74 Å². The van der Waals surface area contributed by atoms with Crippen molar-refractivity contribution >= 4 is 23.2 Å². The van der Waals surface area contributed by atoms with Crippen LogP contribution in [-0.2, 0) is 11.2 Å². The highest BCUT2D eigenvalue weighted by Crippen LogP contribution is 2.38. The molecule has 3 heterocycles. The van der Waals surface area contributed by atoms with E-state index in [1.165, 1.54) is 16.0 Å². The number of carbonyl (C=O) groups is 2. The Hall–Kier alpha value is -3.16. The van der Waals surface area contributed by atoms with Gasteiger partial charge in [0.05, 0.1) is 19.7 Å². The van der Waals surface area contributed by atoms with E-state index in [0.29, 0.717) is 26.2 Å². The van der Waals surface area contributed by atoms with Gasteiger partial charge in [0.25, 0.3) is 5.91 Å². The van der Waals surface area contributed by atoms with Crippen molar-refractivity contribution in [3.8, 4) is 5.75 Å². The maximum Gasteiger partial charge on any atom is 0.254 e. The maximum atomic E-state index is 13.5. The summed E-state index contributed by atoms with van der Waals surface area (Å²) in [6, 6.07) is 18.1. The van der Waals surface area contributed by atoms with Gasteiger partial charge in [0, 0.05) is 42.7 Å². The van der Waals surface area contributed by atoms with Crippen LogP contribution in [0.4, 0.5) is 0 Å². The molecule has 2 atom stereocenters. The van der Waals surface area contributed by atoms with Gasteiger partial charge in [-0.25, -0.2) is 0 Å². The Morgan fingerprint density at radius 2 is 1.81 bits per heavy atom. The van der Waals surface area contributed by atoms with Gasteiger partial charge < -0.3 is 14.5 Å². The fourth-order valence-electron chi connectivity index (χ4n) is 5.44. The first-order valence-electron chi connectivity index (χ1n) is 12.5. The van der Waals surface area contributed by atoms with E-state index in [1.54, 1.807) is 18.4 Å². The molecule has 2 aliphatic rings. The van der Waals surface area contributed by atoms with Crippen LogP contribution >= 0.6 is 11.3 Å². The minimum Gasteiger partial charge on any atom is -0.497 e. The summed E-state index contributed by atoms with van der Waals surface area (Å²) >= 11 is 1.80. The lowest BCUT2D eigenvalue weighted by atomic mass is 9.93. The summed E-state index contributed by atoms with van der Waals surface area (Å²) in [5.74, 6) is 1.00. The number of methoxy groups -OCH3 is 1. The van der Waals surface area contributed by atoms with Gasteiger partial charge in [-0.15, -0.1) is 11.3 Å². The van der Waals surface area contributed by atoms with Crippen LogP contribution in [-0.4, -0.2) is 72.4 Å². The average Bonchev–Trinajstić information content (AvgIpc) is 3.37. The molecule has 188 valence electrons. The van der Waals surface area contributed by atoms with E-state index in [1.807, 2.05) is 60.0 Å². The van der Waals surface area contributed by atoms with Gasteiger partial charge in [0.15, 0.2) is 0 Å². The number of carbonyl (C=O) groups excluding carboxylic acids is 2. The summed E-state index contributed by atoms with van der Waals surface area (Å²) in [5.41, 5.74) is 4.19. The molecule has 2 amide bonds. The molecule has 1 aromatic heterocycles. The molecule has 0 unspecified atom stereocenters. The van der Waals surface area contributed by atoms with Crippen molar-refractivity contribution in [2.75, 3.05) is 39.8 Å². The molecule has 0 bridgehead atoms. The van der Waals surface area contributed by atoms with Crippen molar-refractivity contribution in [2.24, 2.45) is 0 Å². The third-order valence-electron chi connectivity index (χ3n) is 7.45. The van der Waals surface area contributed by atoms with E-state index in [4.69, 9.17) is 4.74 Å². The molecule has 2 aromatic carbocycles. The lowest BCUT2D eigenvalue weighted by Gasteiger charge is -2.42. The van der Waals surface area contributed by atoms with Crippen molar-refractivity contribution in [1.29, 1.82) is 0 Å². The molecule has 3 aromatic rings. The number of fused-ring (bicyclic) bond motifs is 1. The summed E-state index contributed by atoms with van der Waals surface area (Å²) in [7, 11) is 1.67. The van der Waals surface area contributed by atoms with Crippen LogP contribution in [0.3, 0.4) is 0 Å². The highest BCUT2D eigenvalue weighted by atomic mass is 32.1. The molecule has 36 heavy (non-hydrogen) atoms. The number of aryl methyl sites for hydroxylation is 1. The zero-order valence-electron chi connectivity index (χ0n) is 21.1. The summed E-state index contributed by atoms with van der Waals surface area (Å²) in [4.78, 5) is 34.2. The molecule has 7 heteroatoms. The minimum absolute atomic E-state index is 0.0305. The molecular formula is C29H33N3O3S. The largest absolute Gasteiger partial charge is 0.497 e. The Bertz CT molecular complexity index is 1240. The summed E-state index contributed by atoms with van der Waals surface area (Å²) in [5, 5.41) is 2.15. The third-order valence-corrected chi connectivity index (χ3v) is 8.45. The number of nitrogens with zero attached hydrogens (tertiary/aromatic N) is 3. The van der Waals surface area contributed by atoms with E-state index in [-0.39, 0.29) is 23.9 Å². The molecular weight excluding hydrogens is 470 g/mol. The second-order valence-electron chi connectivity index (χ2n) is 9.70. The quantitative estimate of drug-likeness (QED) is 0.518. The van der Waals surface area contributed by atoms with Gasteiger partial charge in [0.2, 0.25) is 5.91 Å². The number of amides is 2. The Morgan fingerprint density at radius 3 is 2.53 bits per heavy atom. The molecule has 0 aliphatic carbocycles. The van der Waals surface area contributed by atoms with Gasteiger partial charge in [-0.05, 0) is 66.6 Å². The second-order valence-corrected chi connectivity index (χ2v) is 10.7. The monoisotopic (exact) mass is 503 g/mol. The van der Waals surface area contributed by atoms with Gasteiger partial charge in [-0.1, -0.05) is 30.3 Å². The zero-order chi connectivity index (χ0) is 25.2. The first-order valence-corrected chi connectivity index (χ1v) is 13.4. The SMILES string of the molecule is COc1ccc([C@@H]2c3ccsc3CCN2CC(=O)N2CCN(C(=O)c3ccccc3C)[C@@H](C)C2)cc1. The van der Waals surface area contributed by atoms with E-state index >= 15 is 0 Å².